The maximum absolute atomic E-state index is 10.6. The standard InChI is InChI=1S/C19H23N3O3.C2HF3O2/c1-23-19-14(6-4-10-21-19)12-22-13-16(18-15(22)7-5-11-24-18)25-17-8-2-3-9-20-17;3-2(4,5)1(6)7/h2-4,6,8-10,15-16,18H,5,7,11-13H2,1H3;(H,6,7)/t15-,16-,18+;/m1./s1. The van der Waals surface area contributed by atoms with Gasteiger partial charge in [0.25, 0.3) is 0 Å². The topological polar surface area (TPSA) is 94.0 Å². The van der Waals surface area contributed by atoms with Gasteiger partial charge in [-0.2, -0.15) is 13.2 Å². The van der Waals surface area contributed by atoms with Gasteiger partial charge in [-0.3, -0.25) is 4.90 Å². The third kappa shape index (κ3) is 6.07. The molecule has 2 aliphatic rings. The Morgan fingerprint density at radius 2 is 2.00 bits per heavy atom. The highest BCUT2D eigenvalue weighted by atomic mass is 19.4. The lowest BCUT2D eigenvalue weighted by Crippen LogP contribution is -2.42. The smallest absolute Gasteiger partial charge is 0.481 e. The second kappa shape index (κ2) is 10.6. The number of pyridine rings is 2. The zero-order chi connectivity index (χ0) is 23.1. The molecule has 3 atom stereocenters. The van der Waals surface area contributed by atoms with Crippen molar-refractivity contribution in [1.82, 2.24) is 14.9 Å². The average Bonchev–Trinajstić information content (AvgIpc) is 3.12. The summed E-state index contributed by atoms with van der Waals surface area (Å²) in [4.78, 5) is 19.9. The van der Waals surface area contributed by atoms with Gasteiger partial charge in [0.05, 0.1) is 7.11 Å². The van der Waals surface area contributed by atoms with E-state index in [1.165, 1.54) is 0 Å². The number of nitrogens with zero attached hydrogens (tertiary/aromatic N) is 3. The number of hydrogen-bond acceptors (Lipinski definition) is 7. The third-order valence-corrected chi connectivity index (χ3v) is 5.15. The van der Waals surface area contributed by atoms with E-state index in [1.54, 1.807) is 19.5 Å². The molecule has 0 aliphatic carbocycles. The molecule has 2 aromatic rings. The lowest BCUT2D eigenvalue weighted by molar-refractivity contribution is -0.192. The number of aromatic nitrogens is 2. The number of carboxylic acid groups (broad SMARTS) is 1. The van der Waals surface area contributed by atoms with Gasteiger partial charge in [-0.15, -0.1) is 0 Å². The maximum atomic E-state index is 10.6. The highest BCUT2D eigenvalue weighted by molar-refractivity contribution is 5.73. The molecule has 2 fully saturated rings. The van der Waals surface area contributed by atoms with E-state index in [-0.39, 0.29) is 12.2 Å². The van der Waals surface area contributed by atoms with Crippen LogP contribution in [0.2, 0.25) is 0 Å². The Bertz CT molecular complexity index is 884. The number of fused-ring (bicyclic) bond motifs is 1. The summed E-state index contributed by atoms with van der Waals surface area (Å²) in [5, 5.41) is 7.12. The number of alkyl halides is 3. The van der Waals surface area contributed by atoms with E-state index in [9.17, 15) is 13.2 Å². The zero-order valence-electron chi connectivity index (χ0n) is 17.4. The Morgan fingerprint density at radius 3 is 2.66 bits per heavy atom. The number of carboxylic acids is 1. The molecule has 32 heavy (non-hydrogen) atoms. The zero-order valence-corrected chi connectivity index (χ0v) is 17.4. The van der Waals surface area contributed by atoms with Crippen molar-refractivity contribution in [2.24, 2.45) is 0 Å². The fourth-order valence-electron chi connectivity index (χ4n) is 3.81. The van der Waals surface area contributed by atoms with Crippen LogP contribution in [-0.2, 0) is 16.1 Å². The molecule has 0 bridgehead atoms. The summed E-state index contributed by atoms with van der Waals surface area (Å²) in [5.41, 5.74) is 1.09. The molecule has 4 rings (SSSR count). The van der Waals surface area contributed by atoms with Gasteiger partial charge in [0.1, 0.15) is 12.2 Å². The number of rotatable bonds is 5. The van der Waals surface area contributed by atoms with Crippen molar-refractivity contribution >= 4 is 5.97 Å². The van der Waals surface area contributed by atoms with Crippen LogP contribution in [-0.4, -0.2) is 70.6 Å². The maximum Gasteiger partial charge on any atom is 0.490 e. The Labute approximate surface area is 182 Å². The van der Waals surface area contributed by atoms with Crippen LogP contribution in [0.15, 0.2) is 42.7 Å². The highest BCUT2D eigenvalue weighted by Gasteiger charge is 2.45. The van der Waals surface area contributed by atoms with E-state index in [4.69, 9.17) is 24.1 Å². The van der Waals surface area contributed by atoms with Gasteiger partial charge >= 0.3 is 12.1 Å². The number of carbonyl (C=O) groups is 1. The summed E-state index contributed by atoms with van der Waals surface area (Å²) >= 11 is 0. The van der Waals surface area contributed by atoms with Crippen molar-refractivity contribution < 1.29 is 37.3 Å². The van der Waals surface area contributed by atoms with E-state index < -0.39 is 12.1 Å². The molecular formula is C21H24F3N3O5. The van der Waals surface area contributed by atoms with E-state index in [1.807, 2.05) is 24.3 Å². The van der Waals surface area contributed by atoms with Crippen molar-refractivity contribution in [3.8, 4) is 11.8 Å². The van der Waals surface area contributed by atoms with E-state index in [0.717, 1.165) is 38.1 Å². The molecular weight excluding hydrogens is 431 g/mol. The molecule has 0 unspecified atom stereocenters. The van der Waals surface area contributed by atoms with Crippen molar-refractivity contribution in [2.75, 3.05) is 20.3 Å². The van der Waals surface area contributed by atoms with Crippen molar-refractivity contribution in [1.29, 1.82) is 0 Å². The van der Waals surface area contributed by atoms with E-state index in [0.29, 0.717) is 17.8 Å². The summed E-state index contributed by atoms with van der Waals surface area (Å²) in [6, 6.07) is 10.1. The van der Waals surface area contributed by atoms with Gasteiger partial charge in [0, 0.05) is 49.8 Å². The molecule has 0 spiro atoms. The fraction of sp³-hybridized carbons (Fsp3) is 0.476. The first kappa shape index (κ1) is 23.7. The van der Waals surface area contributed by atoms with Gasteiger partial charge in [0.15, 0.2) is 0 Å². The first-order chi connectivity index (χ1) is 15.3. The molecule has 1 N–H and O–H groups in total. The van der Waals surface area contributed by atoms with E-state index in [2.05, 4.69) is 20.9 Å². The summed E-state index contributed by atoms with van der Waals surface area (Å²) in [6.45, 7) is 2.39. The molecule has 11 heteroatoms. The van der Waals surface area contributed by atoms with Crippen LogP contribution in [0.1, 0.15) is 18.4 Å². The van der Waals surface area contributed by atoms with Crippen LogP contribution in [0.3, 0.4) is 0 Å². The number of halogens is 3. The summed E-state index contributed by atoms with van der Waals surface area (Å²) in [6.07, 6.45) is 0.697. The second-order valence-electron chi connectivity index (χ2n) is 7.27. The Morgan fingerprint density at radius 1 is 1.25 bits per heavy atom. The van der Waals surface area contributed by atoms with Crippen LogP contribution >= 0.6 is 0 Å². The monoisotopic (exact) mass is 455 g/mol. The van der Waals surface area contributed by atoms with Gasteiger partial charge in [-0.25, -0.2) is 14.8 Å². The average molecular weight is 455 g/mol. The van der Waals surface area contributed by atoms with Gasteiger partial charge in [-0.1, -0.05) is 12.1 Å². The van der Waals surface area contributed by atoms with Crippen LogP contribution in [0.4, 0.5) is 13.2 Å². The fourth-order valence-corrected chi connectivity index (χ4v) is 3.81. The highest BCUT2D eigenvalue weighted by Crippen LogP contribution is 2.33. The van der Waals surface area contributed by atoms with Gasteiger partial charge in [-0.05, 0) is 25.0 Å². The first-order valence-electron chi connectivity index (χ1n) is 10.0. The predicted molar refractivity (Wildman–Crippen MR) is 106 cm³/mol. The van der Waals surface area contributed by atoms with Crippen LogP contribution in [0.5, 0.6) is 11.8 Å². The van der Waals surface area contributed by atoms with Crippen molar-refractivity contribution in [3.05, 3.63) is 48.3 Å². The molecule has 174 valence electrons. The Hall–Kier alpha value is -2.92. The number of aliphatic carboxylic acids is 1. The van der Waals surface area contributed by atoms with E-state index >= 15 is 0 Å². The number of methoxy groups -OCH3 is 1. The number of likely N-dealkylation sites (tertiary alicyclic amines) is 1. The van der Waals surface area contributed by atoms with Crippen LogP contribution in [0, 0.1) is 0 Å². The Kier molecular flexibility index (Phi) is 7.86. The van der Waals surface area contributed by atoms with Crippen LogP contribution < -0.4 is 9.47 Å². The quantitative estimate of drug-likeness (QED) is 0.736. The van der Waals surface area contributed by atoms with Crippen molar-refractivity contribution in [3.63, 3.8) is 0 Å². The summed E-state index contributed by atoms with van der Waals surface area (Å²) < 4.78 is 49.4. The number of ether oxygens (including phenoxy) is 3. The predicted octanol–water partition coefficient (Wildman–Crippen LogP) is 2.93. The minimum Gasteiger partial charge on any atom is -0.481 e. The lowest BCUT2D eigenvalue weighted by atomic mass is 10.0. The molecule has 2 aromatic heterocycles. The third-order valence-electron chi connectivity index (χ3n) is 5.15. The Balaban J connectivity index is 0.000000360. The van der Waals surface area contributed by atoms with Crippen molar-refractivity contribution in [2.45, 2.75) is 43.8 Å². The number of hydrogen-bond donors (Lipinski definition) is 1. The largest absolute Gasteiger partial charge is 0.490 e. The molecule has 0 radical (unpaired) electrons. The molecule has 4 heterocycles. The molecule has 2 saturated heterocycles. The minimum atomic E-state index is -5.08. The SMILES string of the molecule is COc1ncccc1CN1C[C@@H](Oc2ccccn2)[C@H]2OCCC[C@H]21.O=C(O)C(F)(F)F. The lowest BCUT2D eigenvalue weighted by Gasteiger charge is -2.32. The summed E-state index contributed by atoms with van der Waals surface area (Å²) in [7, 11) is 1.66. The molecule has 0 saturated carbocycles. The summed E-state index contributed by atoms with van der Waals surface area (Å²) in [5.74, 6) is -1.42. The first-order valence-corrected chi connectivity index (χ1v) is 10.0. The molecule has 0 aromatic carbocycles. The normalized spacial score (nSPS) is 22.9. The van der Waals surface area contributed by atoms with Crippen LogP contribution in [0.25, 0.3) is 0 Å². The molecule has 8 nitrogen and oxygen atoms in total. The molecule has 0 amide bonds. The molecule has 2 aliphatic heterocycles. The van der Waals surface area contributed by atoms with Gasteiger partial charge < -0.3 is 19.3 Å². The second-order valence-corrected chi connectivity index (χ2v) is 7.27. The minimum absolute atomic E-state index is 0.0112. The van der Waals surface area contributed by atoms with Gasteiger partial charge in [0.2, 0.25) is 11.8 Å².